The van der Waals surface area contributed by atoms with Crippen LogP contribution in [0, 0.1) is 34.0 Å². The molecule has 3 N–H and O–H groups in total. The number of carbonyl (C=O) groups is 1. The molecule has 0 heterocycles. The SMILES string of the molecule is C[C@]12CCC[C@](C)(C(=O)O)[C@@H]1CC[C@@]13CC(CC[C@@H]12)C(O)(CO)C3. The second kappa shape index (κ2) is 4.97. The van der Waals surface area contributed by atoms with E-state index in [1.165, 1.54) is 0 Å². The minimum absolute atomic E-state index is 0.0648. The molecule has 4 fully saturated rings. The summed E-state index contributed by atoms with van der Waals surface area (Å²) in [5.74, 6) is 0.348. The second-order valence-corrected chi connectivity index (χ2v) is 10.0. The number of carboxylic acids is 1. The molecule has 0 saturated heterocycles. The van der Waals surface area contributed by atoms with Crippen LogP contribution in [0.15, 0.2) is 0 Å². The van der Waals surface area contributed by atoms with E-state index in [2.05, 4.69) is 6.92 Å². The largest absolute Gasteiger partial charge is 0.481 e. The van der Waals surface area contributed by atoms with Crippen LogP contribution >= 0.6 is 0 Å². The number of fused-ring (bicyclic) bond motifs is 3. The highest BCUT2D eigenvalue weighted by Gasteiger charge is 2.68. The van der Waals surface area contributed by atoms with Gasteiger partial charge >= 0.3 is 5.97 Å². The van der Waals surface area contributed by atoms with E-state index in [1.807, 2.05) is 6.92 Å². The summed E-state index contributed by atoms with van der Waals surface area (Å²) in [4.78, 5) is 12.1. The first-order valence-electron chi connectivity index (χ1n) is 9.77. The van der Waals surface area contributed by atoms with E-state index in [-0.39, 0.29) is 29.3 Å². The Morgan fingerprint density at radius 3 is 2.50 bits per heavy atom. The Bertz CT molecular complexity index is 562. The third-order valence-corrected chi connectivity index (χ3v) is 9.08. The summed E-state index contributed by atoms with van der Waals surface area (Å²) in [6, 6.07) is 0. The van der Waals surface area contributed by atoms with Gasteiger partial charge < -0.3 is 15.3 Å². The van der Waals surface area contributed by atoms with E-state index in [9.17, 15) is 20.1 Å². The van der Waals surface area contributed by atoms with E-state index < -0.39 is 17.0 Å². The number of aliphatic hydroxyl groups is 2. The smallest absolute Gasteiger partial charge is 0.309 e. The molecule has 7 atom stereocenters. The predicted molar refractivity (Wildman–Crippen MR) is 90.3 cm³/mol. The Morgan fingerprint density at radius 2 is 1.83 bits per heavy atom. The van der Waals surface area contributed by atoms with Crippen LogP contribution in [0.2, 0.25) is 0 Å². The number of aliphatic carboxylic acids is 1. The molecule has 0 aromatic carbocycles. The normalized spacial score (nSPS) is 56.4. The molecule has 0 aromatic rings. The standard InChI is InChI=1S/C20H32O4/c1-17-7-3-8-18(2,16(22)23)14(17)6-9-19-10-13(4-5-15(17)19)20(24,11-19)12-21/h13-15,21,24H,3-12H2,1-2H3,(H,22,23)/t13?,14-,15-,17+,18+,19+,20?/m1/s1. The lowest BCUT2D eigenvalue weighted by Crippen LogP contribution is -2.58. The maximum atomic E-state index is 12.1. The fraction of sp³-hybridized carbons (Fsp3) is 0.950. The van der Waals surface area contributed by atoms with Crippen LogP contribution in [0.4, 0.5) is 0 Å². The molecule has 0 amide bonds. The first-order chi connectivity index (χ1) is 11.2. The number of aliphatic hydroxyl groups excluding tert-OH is 1. The van der Waals surface area contributed by atoms with Gasteiger partial charge in [-0.3, -0.25) is 4.79 Å². The molecule has 4 aliphatic rings. The van der Waals surface area contributed by atoms with E-state index in [4.69, 9.17) is 0 Å². The summed E-state index contributed by atoms with van der Waals surface area (Å²) in [5.41, 5.74) is -1.31. The summed E-state index contributed by atoms with van der Waals surface area (Å²) in [5, 5.41) is 30.6. The molecule has 0 radical (unpaired) electrons. The quantitative estimate of drug-likeness (QED) is 0.723. The van der Waals surface area contributed by atoms with Crippen molar-refractivity contribution in [2.75, 3.05) is 6.61 Å². The van der Waals surface area contributed by atoms with Crippen LogP contribution in [-0.2, 0) is 4.79 Å². The molecular formula is C20H32O4. The summed E-state index contributed by atoms with van der Waals surface area (Å²) in [6.07, 6.45) is 8.73. The van der Waals surface area contributed by atoms with Gasteiger partial charge in [-0.2, -0.15) is 0 Å². The lowest BCUT2D eigenvalue weighted by molar-refractivity contribution is -0.181. The predicted octanol–water partition coefficient (Wildman–Crippen LogP) is 3.21. The molecule has 1 spiro atoms. The highest BCUT2D eigenvalue weighted by Crippen LogP contribution is 2.72. The van der Waals surface area contributed by atoms with Crippen LogP contribution < -0.4 is 0 Å². The molecule has 0 aromatic heterocycles. The van der Waals surface area contributed by atoms with Crippen LogP contribution in [0.5, 0.6) is 0 Å². The molecule has 4 saturated carbocycles. The van der Waals surface area contributed by atoms with Crippen LogP contribution in [0.3, 0.4) is 0 Å². The fourth-order valence-electron chi connectivity index (χ4n) is 8.06. The van der Waals surface area contributed by atoms with Crippen molar-refractivity contribution in [3.63, 3.8) is 0 Å². The summed E-state index contributed by atoms with van der Waals surface area (Å²) >= 11 is 0. The Morgan fingerprint density at radius 1 is 1.08 bits per heavy atom. The molecule has 4 aliphatic carbocycles. The van der Waals surface area contributed by atoms with Gasteiger partial charge in [-0.1, -0.05) is 13.3 Å². The number of hydrogen-bond donors (Lipinski definition) is 3. The van der Waals surface area contributed by atoms with Gasteiger partial charge in [0.15, 0.2) is 0 Å². The average molecular weight is 336 g/mol. The highest BCUT2D eigenvalue weighted by molar-refractivity contribution is 5.75. The molecule has 4 heteroatoms. The second-order valence-electron chi connectivity index (χ2n) is 10.0. The molecular weight excluding hydrogens is 304 g/mol. The molecule has 4 nitrogen and oxygen atoms in total. The van der Waals surface area contributed by atoms with Crippen LogP contribution in [0.1, 0.15) is 71.6 Å². The van der Waals surface area contributed by atoms with Crippen molar-refractivity contribution in [2.45, 2.75) is 77.2 Å². The zero-order valence-corrected chi connectivity index (χ0v) is 15.1. The van der Waals surface area contributed by atoms with Crippen LogP contribution in [-0.4, -0.2) is 33.5 Å². The van der Waals surface area contributed by atoms with Crippen molar-refractivity contribution < 1.29 is 20.1 Å². The van der Waals surface area contributed by atoms with Crippen LogP contribution in [0.25, 0.3) is 0 Å². The molecule has 136 valence electrons. The van der Waals surface area contributed by atoms with Gasteiger partial charge in [0.2, 0.25) is 0 Å². The summed E-state index contributed by atoms with van der Waals surface area (Å²) in [7, 11) is 0. The van der Waals surface area contributed by atoms with Crippen molar-refractivity contribution in [1.82, 2.24) is 0 Å². The maximum Gasteiger partial charge on any atom is 0.309 e. The van der Waals surface area contributed by atoms with E-state index in [1.54, 1.807) is 0 Å². The van der Waals surface area contributed by atoms with Crippen molar-refractivity contribution in [3.8, 4) is 0 Å². The lowest BCUT2D eigenvalue weighted by atomic mass is 9.41. The summed E-state index contributed by atoms with van der Waals surface area (Å²) < 4.78 is 0. The van der Waals surface area contributed by atoms with Gasteiger partial charge in [0.05, 0.1) is 17.6 Å². The minimum Gasteiger partial charge on any atom is -0.481 e. The van der Waals surface area contributed by atoms with Crippen molar-refractivity contribution in [3.05, 3.63) is 0 Å². The van der Waals surface area contributed by atoms with Gasteiger partial charge in [0.25, 0.3) is 0 Å². The van der Waals surface area contributed by atoms with Gasteiger partial charge in [0, 0.05) is 0 Å². The lowest BCUT2D eigenvalue weighted by Gasteiger charge is -2.63. The van der Waals surface area contributed by atoms with E-state index in [0.717, 1.165) is 57.8 Å². The zero-order valence-electron chi connectivity index (χ0n) is 15.1. The zero-order chi connectivity index (χ0) is 17.4. The van der Waals surface area contributed by atoms with Crippen molar-refractivity contribution >= 4 is 5.97 Å². The van der Waals surface area contributed by atoms with E-state index in [0.29, 0.717) is 5.92 Å². The molecule has 0 aliphatic heterocycles. The number of hydrogen-bond acceptors (Lipinski definition) is 3. The summed E-state index contributed by atoms with van der Waals surface area (Å²) in [6.45, 7) is 4.19. The van der Waals surface area contributed by atoms with Crippen molar-refractivity contribution in [1.29, 1.82) is 0 Å². The fourth-order valence-corrected chi connectivity index (χ4v) is 8.06. The Hall–Kier alpha value is -0.610. The topological polar surface area (TPSA) is 77.8 Å². The van der Waals surface area contributed by atoms with Crippen molar-refractivity contribution in [2.24, 2.45) is 34.0 Å². The minimum atomic E-state index is -0.900. The molecule has 24 heavy (non-hydrogen) atoms. The van der Waals surface area contributed by atoms with Gasteiger partial charge in [-0.15, -0.1) is 0 Å². The Balaban J connectivity index is 1.73. The van der Waals surface area contributed by atoms with E-state index >= 15 is 0 Å². The third-order valence-electron chi connectivity index (χ3n) is 9.08. The van der Waals surface area contributed by atoms with Gasteiger partial charge in [-0.05, 0) is 86.9 Å². The third kappa shape index (κ3) is 1.90. The maximum absolute atomic E-state index is 12.1. The van der Waals surface area contributed by atoms with Gasteiger partial charge in [0.1, 0.15) is 0 Å². The van der Waals surface area contributed by atoms with Gasteiger partial charge in [-0.25, -0.2) is 0 Å². The highest BCUT2D eigenvalue weighted by atomic mass is 16.4. The first kappa shape index (κ1) is 16.8. The Kier molecular flexibility index (Phi) is 3.49. The molecule has 4 rings (SSSR count). The number of carboxylic acid groups (broad SMARTS) is 1. The first-order valence-corrected chi connectivity index (χ1v) is 9.77. The monoisotopic (exact) mass is 336 g/mol. The number of rotatable bonds is 2. The molecule has 2 unspecified atom stereocenters. The Labute approximate surface area is 144 Å². The average Bonchev–Trinajstić information content (AvgIpc) is 2.73. The molecule has 2 bridgehead atoms.